The van der Waals surface area contributed by atoms with Crippen molar-refractivity contribution in [3.05, 3.63) is 22.0 Å². The van der Waals surface area contributed by atoms with Crippen LogP contribution in [0.4, 0.5) is 8.78 Å². The predicted octanol–water partition coefficient (Wildman–Crippen LogP) is 4.97. The molecular formula is C14H23F2P. The van der Waals surface area contributed by atoms with Crippen molar-refractivity contribution in [2.75, 3.05) is 0 Å². The first-order valence-electron chi connectivity index (χ1n) is 5.92. The van der Waals surface area contributed by atoms with Crippen LogP contribution in [-0.4, -0.2) is 11.3 Å². The Morgan fingerprint density at radius 2 is 1.29 bits per heavy atom. The number of alkyl halides is 2. The topological polar surface area (TPSA) is 0 Å². The second-order valence-electron chi connectivity index (χ2n) is 6.29. The lowest BCUT2D eigenvalue weighted by molar-refractivity contribution is 0.203. The molecular weight excluding hydrogens is 237 g/mol. The SMILES string of the molecule is CC1=C(C)C(C)(F)C(C(C)(C)C)=C(P)C1(C)F. The number of allylic oxidation sites excluding steroid dienone is 4. The van der Waals surface area contributed by atoms with Crippen molar-refractivity contribution < 1.29 is 8.78 Å². The van der Waals surface area contributed by atoms with Gasteiger partial charge in [0.05, 0.1) is 0 Å². The van der Waals surface area contributed by atoms with E-state index in [0.29, 0.717) is 22.0 Å². The Morgan fingerprint density at radius 1 is 0.941 bits per heavy atom. The monoisotopic (exact) mass is 260 g/mol. The van der Waals surface area contributed by atoms with E-state index in [-0.39, 0.29) is 0 Å². The molecule has 0 heterocycles. The molecule has 0 saturated heterocycles. The molecule has 0 bridgehead atoms. The third-order valence-electron chi connectivity index (χ3n) is 3.97. The van der Waals surface area contributed by atoms with E-state index in [1.165, 1.54) is 13.8 Å². The smallest absolute Gasteiger partial charge is 0.154 e. The zero-order valence-corrected chi connectivity index (χ0v) is 13.0. The Kier molecular flexibility index (Phi) is 3.39. The van der Waals surface area contributed by atoms with Gasteiger partial charge in [0.25, 0.3) is 0 Å². The summed E-state index contributed by atoms with van der Waals surface area (Å²) in [5.41, 5.74) is -1.99. The molecule has 0 nitrogen and oxygen atoms in total. The lowest BCUT2D eigenvalue weighted by Gasteiger charge is -2.44. The number of hydrogen-bond donors (Lipinski definition) is 0. The minimum absolute atomic E-state index is 0.393. The van der Waals surface area contributed by atoms with Gasteiger partial charge in [0.1, 0.15) is 0 Å². The molecule has 17 heavy (non-hydrogen) atoms. The van der Waals surface area contributed by atoms with Crippen LogP contribution in [0.5, 0.6) is 0 Å². The summed E-state index contributed by atoms with van der Waals surface area (Å²) in [6, 6.07) is 0. The second-order valence-corrected chi connectivity index (χ2v) is 6.87. The van der Waals surface area contributed by atoms with Crippen molar-refractivity contribution in [1.29, 1.82) is 0 Å². The Bertz CT molecular complexity index is 406. The summed E-state index contributed by atoms with van der Waals surface area (Å²) < 4.78 is 29.7. The normalized spacial score (nSPS) is 35.6. The minimum Gasteiger partial charge on any atom is -0.234 e. The summed E-state index contributed by atoms with van der Waals surface area (Å²) in [7, 11) is 2.41. The molecule has 98 valence electrons. The molecule has 1 aliphatic rings. The van der Waals surface area contributed by atoms with E-state index in [0.717, 1.165) is 0 Å². The Hall–Kier alpha value is -0.230. The first kappa shape index (κ1) is 14.8. The average molecular weight is 260 g/mol. The van der Waals surface area contributed by atoms with Crippen LogP contribution in [0.3, 0.4) is 0 Å². The fraction of sp³-hybridized carbons (Fsp3) is 0.714. The van der Waals surface area contributed by atoms with Crippen molar-refractivity contribution in [2.24, 2.45) is 5.41 Å². The van der Waals surface area contributed by atoms with Crippen LogP contribution in [0, 0.1) is 5.41 Å². The minimum atomic E-state index is -1.57. The Balaban J connectivity index is 3.63. The molecule has 0 radical (unpaired) electrons. The summed E-state index contributed by atoms with van der Waals surface area (Å²) in [6.45, 7) is 12.2. The van der Waals surface area contributed by atoms with Gasteiger partial charge >= 0.3 is 0 Å². The highest BCUT2D eigenvalue weighted by Crippen LogP contribution is 2.54. The molecule has 0 aromatic carbocycles. The van der Waals surface area contributed by atoms with Gasteiger partial charge in [-0.3, -0.25) is 0 Å². The summed E-state index contributed by atoms with van der Waals surface area (Å²) in [4.78, 5) is 0. The molecule has 0 saturated carbocycles. The molecule has 1 rings (SSSR count). The number of hydrogen-bond acceptors (Lipinski definition) is 0. The van der Waals surface area contributed by atoms with Crippen LogP contribution in [0.25, 0.3) is 0 Å². The summed E-state index contributed by atoms with van der Waals surface area (Å²) >= 11 is 0. The quantitative estimate of drug-likeness (QED) is 0.426. The van der Waals surface area contributed by atoms with Gasteiger partial charge in [-0.15, -0.1) is 9.24 Å². The van der Waals surface area contributed by atoms with Crippen molar-refractivity contribution in [3.63, 3.8) is 0 Å². The fourth-order valence-corrected chi connectivity index (χ4v) is 3.61. The summed E-state index contributed by atoms with van der Waals surface area (Å²) in [5, 5.41) is 0.443. The second kappa shape index (κ2) is 3.88. The fourth-order valence-electron chi connectivity index (χ4n) is 2.69. The zero-order valence-electron chi connectivity index (χ0n) is 11.8. The lowest BCUT2D eigenvalue weighted by atomic mass is 9.67. The highest BCUT2D eigenvalue weighted by atomic mass is 31.0. The zero-order chi connectivity index (χ0) is 13.8. The van der Waals surface area contributed by atoms with Crippen LogP contribution in [0.2, 0.25) is 0 Å². The molecule has 3 unspecified atom stereocenters. The number of halogens is 2. The summed E-state index contributed by atoms with van der Waals surface area (Å²) in [6.07, 6.45) is 0. The third kappa shape index (κ3) is 2.10. The Morgan fingerprint density at radius 3 is 1.65 bits per heavy atom. The molecule has 0 aromatic rings. The van der Waals surface area contributed by atoms with Crippen LogP contribution >= 0.6 is 9.24 Å². The first-order valence-corrected chi connectivity index (χ1v) is 6.49. The molecule has 0 spiro atoms. The van der Waals surface area contributed by atoms with Crippen LogP contribution in [0.1, 0.15) is 48.5 Å². The standard InChI is InChI=1S/C14H23F2P/c1-8-9(2)14(7,16)11(17)10(12(3,4)5)13(8,6)15/h17H2,1-7H3. The van der Waals surface area contributed by atoms with Crippen LogP contribution < -0.4 is 0 Å². The van der Waals surface area contributed by atoms with Crippen molar-refractivity contribution in [3.8, 4) is 0 Å². The van der Waals surface area contributed by atoms with Gasteiger partial charge in [0.2, 0.25) is 0 Å². The molecule has 0 fully saturated rings. The van der Waals surface area contributed by atoms with E-state index < -0.39 is 16.8 Å². The van der Waals surface area contributed by atoms with Gasteiger partial charge in [-0.05, 0) is 55.1 Å². The van der Waals surface area contributed by atoms with Crippen LogP contribution in [-0.2, 0) is 0 Å². The van der Waals surface area contributed by atoms with E-state index in [1.54, 1.807) is 13.8 Å². The molecule has 3 heteroatoms. The maximum Gasteiger partial charge on any atom is 0.154 e. The largest absolute Gasteiger partial charge is 0.234 e. The third-order valence-corrected chi connectivity index (χ3v) is 4.80. The van der Waals surface area contributed by atoms with Gasteiger partial charge in [0, 0.05) is 0 Å². The van der Waals surface area contributed by atoms with Crippen molar-refractivity contribution in [1.82, 2.24) is 0 Å². The van der Waals surface area contributed by atoms with E-state index in [1.807, 2.05) is 20.8 Å². The Labute approximate surface area is 106 Å². The maximum atomic E-state index is 15.0. The highest BCUT2D eigenvalue weighted by molar-refractivity contribution is 7.22. The van der Waals surface area contributed by atoms with Gasteiger partial charge in [-0.25, -0.2) is 8.78 Å². The predicted molar refractivity (Wildman–Crippen MR) is 73.6 cm³/mol. The maximum absolute atomic E-state index is 15.0. The molecule has 0 aromatic heterocycles. The van der Waals surface area contributed by atoms with Gasteiger partial charge in [-0.2, -0.15) is 0 Å². The molecule has 0 N–H and O–H groups in total. The highest BCUT2D eigenvalue weighted by Gasteiger charge is 2.49. The van der Waals surface area contributed by atoms with E-state index in [2.05, 4.69) is 9.24 Å². The van der Waals surface area contributed by atoms with Gasteiger partial charge < -0.3 is 0 Å². The van der Waals surface area contributed by atoms with Crippen molar-refractivity contribution >= 4 is 9.24 Å². The van der Waals surface area contributed by atoms with E-state index >= 15 is 0 Å². The van der Waals surface area contributed by atoms with Gasteiger partial charge in [-0.1, -0.05) is 20.8 Å². The van der Waals surface area contributed by atoms with Crippen LogP contribution in [0.15, 0.2) is 22.0 Å². The number of rotatable bonds is 0. The molecule has 1 aliphatic carbocycles. The van der Waals surface area contributed by atoms with Crippen molar-refractivity contribution in [2.45, 2.75) is 59.8 Å². The molecule has 0 aliphatic heterocycles. The molecule has 3 atom stereocenters. The lowest BCUT2D eigenvalue weighted by Crippen LogP contribution is -2.41. The summed E-state index contributed by atoms with van der Waals surface area (Å²) in [5.74, 6) is 0. The van der Waals surface area contributed by atoms with Gasteiger partial charge in [0.15, 0.2) is 11.3 Å². The van der Waals surface area contributed by atoms with E-state index in [9.17, 15) is 8.78 Å². The molecule has 0 amide bonds. The first-order chi connectivity index (χ1) is 7.34. The van der Waals surface area contributed by atoms with E-state index in [4.69, 9.17) is 0 Å². The average Bonchev–Trinajstić information content (AvgIpc) is 2.10.